The van der Waals surface area contributed by atoms with Crippen LogP contribution in [0.1, 0.15) is 50.0 Å². The quantitative estimate of drug-likeness (QED) is 0.894. The third-order valence-corrected chi connectivity index (χ3v) is 4.72. The number of hydrogen-bond acceptors (Lipinski definition) is 4. The lowest BCUT2D eigenvalue weighted by Crippen LogP contribution is -2.63. The Morgan fingerprint density at radius 1 is 1.45 bits per heavy atom. The van der Waals surface area contributed by atoms with Gasteiger partial charge in [0.2, 0.25) is 0 Å². The molecule has 3 heterocycles. The van der Waals surface area contributed by atoms with Gasteiger partial charge in [0, 0.05) is 19.2 Å². The smallest absolute Gasteiger partial charge is 0.274 e. The van der Waals surface area contributed by atoms with Crippen molar-refractivity contribution in [3.63, 3.8) is 0 Å². The van der Waals surface area contributed by atoms with Gasteiger partial charge in [-0.1, -0.05) is 19.8 Å². The van der Waals surface area contributed by atoms with E-state index < -0.39 is 5.60 Å². The van der Waals surface area contributed by atoms with Crippen molar-refractivity contribution >= 4 is 5.91 Å². The van der Waals surface area contributed by atoms with E-state index in [0.717, 1.165) is 25.8 Å². The molecular formula is C16H25N3O3. The average Bonchev–Trinajstić information content (AvgIpc) is 3.08. The Bertz CT molecular complexity index is 551. The van der Waals surface area contributed by atoms with Crippen LogP contribution in [0, 0.1) is 0 Å². The van der Waals surface area contributed by atoms with Gasteiger partial charge < -0.3 is 14.7 Å². The number of unbranched alkanes of at least 4 members (excludes halogenated alkanes) is 1. The van der Waals surface area contributed by atoms with Gasteiger partial charge in [-0.3, -0.25) is 9.48 Å². The van der Waals surface area contributed by atoms with Crippen LogP contribution in [0.3, 0.4) is 0 Å². The Hall–Kier alpha value is -1.40. The summed E-state index contributed by atoms with van der Waals surface area (Å²) in [5.41, 5.74) is -0.573. The van der Waals surface area contributed by atoms with E-state index in [4.69, 9.17) is 4.74 Å². The average molecular weight is 307 g/mol. The second kappa shape index (κ2) is 5.66. The fourth-order valence-corrected chi connectivity index (χ4v) is 3.47. The van der Waals surface area contributed by atoms with Gasteiger partial charge >= 0.3 is 0 Å². The lowest BCUT2D eigenvalue weighted by atomic mass is 9.82. The molecule has 0 aliphatic carbocycles. The maximum absolute atomic E-state index is 12.4. The van der Waals surface area contributed by atoms with Crippen molar-refractivity contribution in [2.24, 2.45) is 0 Å². The number of nitrogens with zero attached hydrogens (tertiary/aromatic N) is 3. The van der Waals surface area contributed by atoms with Gasteiger partial charge in [-0.05, 0) is 19.4 Å². The van der Waals surface area contributed by atoms with E-state index in [9.17, 15) is 9.90 Å². The SMILES string of the molecule is CCCC[C@@]1(O)COC2(CN(C(=O)c3ccn(CC)n3)C2)C1. The largest absolute Gasteiger partial charge is 0.387 e. The highest BCUT2D eigenvalue weighted by Gasteiger charge is 2.56. The number of ether oxygens (including phenoxy) is 1. The summed E-state index contributed by atoms with van der Waals surface area (Å²) < 4.78 is 7.61. The lowest BCUT2D eigenvalue weighted by molar-refractivity contribution is -0.0957. The van der Waals surface area contributed by atoms with Gasteiger partial charge in [-0.2, -0.15) is 5.10 Å². The first-order valence-corrected chi connectivity index (χ1v) is 8.18. The maximum atomic E-state index is 12.4. The van der Waals surface area contributed by atoms with Crippen molar-refractivity contribution in [1.82, 2.24) is 14.7 Å². The number of aromatic nitrogens is 2. The van der Waals surface area contributed by atoms with E-state index in [1.165, 1.54) is 0 Å². The molecule has 6 nitrogen and oxygen atoms in total. The van der Waals surface area contributed by atoms with E-state index in [0.29, 0.717) is 31.8 Å². The molecule has 0 aromatic carbocycles. The highest BCUT2D eigenvalue weighted by molar-refractivity contribution is 5.93. The summed E-state index contributed by atoms with van der Waals surface area (Å²) in [5.74, 6) is -0.0505. The van der Waals surface area contributed by atoms with Crippen molar-refractivity contribution in [1.29, 1.82) is 0 Å². The second-order valence-electron chi connectivity index (χ2n) is 6.69. The number of hydrogen-bond donors (Lipinski definition) is 1. The van der Waals surface area contributed by atoms with Crippen molar-refractivity contribution in [3.05, 3.63) is 18.0 Å². The van der Waals surface area contributed by atoms with Gasteiger partial charge in [0.1, 0.15) is 11.3 Å². The Labute approximate surface area is 131 Å². The molecule has 1 atom stereocenters. The van der Waals surface area contributed by atoms with Crippen molar-refractivity contribution in [3.8, 4) is 0 Å². The molecule has 2 saturated heterocycles. The molecule has 6 heteroatoms. The van der Waals surface area contributed by atoms with Crippen LogP contribution < -0.4 is 0 Å². The predicted octanol–water partition coefficient (Wildman–Crippen LogP) is 1.44. The van der Waals surface area contributed by atoms with Crippen molar-refractivity contribution in [2.45, 2.75) is 57.3 Å². The topological polar surface area (TPSA) is 67.6 Å². The summed E-state index contributed by atoms with van der Waals surface area (Å²) in [7, 11) is 0. The van der Waals surface area contributed by atoms with Gasteiger partial charge in [0.05, 0.1) is 25.3 Å². The van der Waals surface area contributed by atoms with Crippen LogP contribution in [-0.2, 0) is 11.3 Å². The van der Waals surface area contributed by atoms with Gasteiger partial charge in [-0.25, -0.2) is 0 Å². The Morgan fingerprint density at radius 3 is 2.86 bits per heavy atom. The van der Waals surface area contributed by atoms with Crippen LogP contribution in [0.2, 0.25) is 0 Å². The normalized spacial score (nSPS) is 26.4. The van der Waals surface area contributed by atoms with Crippen molar-refractivity contribution in [2.75, 3.05) is 19.7 Å². The van der Waals surface area contributed by atoms with Crippen LogP contribution in [-0.4, -0.2) is 56.6 Å². The molecule has 1 aromatic heterocycles. The lowest BCUT2D eigenvalue weighted by Gasteiger charge is -2.47. The summed E-state index contributed by atoms with van der Waals surface area (Å²) in [6, 6.07) is 1.75. The Balaban J connectivity index is 1.56. The molecule has 2 fully saturated rings. The summed E-state index contributed by atoms with van der Waals surface area (Å²) >= 11 is 0. The number of likely N-dealkylation sites (tertiary alicyclic amines) is 1. The molecule has 2 aliphatic rings. The van der Waals surface area contributed by atoms with E-state index in [-0.39, 0.29) is 11.5 Å². The third kappa shape index (κ3) is 2.77. The third-order valence-electron chi connectivity index (χ3n) is 4.72. The molecular weight excluding hydrogens is 282 g/mol. The standard InChI is InChI=1S/C16H25N3O3/c1-3-5-7-15(21)9-16(22-12-15)10-18(11-16)14(20)13-6-8-19(4-2)17-13/h6,8,21H,3-5,7,9-12H2,1-2H3/t15-/m0/s1. The molecule has 1 amide bonds. The van der Waals surface area contributed by atoms with E-state index in [1.807, 2.05) is 13.1 Å². The molecule has 122 valence electrons. The molecule has 0 saturated carbocycles. The minimum atomic E-state index is -0.713. The Morgan fingerprint density at radius 2 is 2.23 bits per heavy atom. The monoisotopic (exact) mass is 307 g/mol. The first-order chi connectivity index (χ1) is 10.5. The minimum absolute atomic E-state index is 0.0505. The summed E-state index contributed by atoms with van der Waals surface area (Å²) in [6.07, 6.45) is 5.30. The number of aryl methyl sites for hydroxylation is 1. The first kappa shape index (κ1) is 15.5. The van der Waals surface area contributed by atoms with Gasteiger partial charge in [0.25, 0.3) is 5.91 Å². The molecule has 0 bridgehead atoms. The summed E-state index contributed by atoms with van der Waals surface area (Å²) in [4.78, 5) is 14.1. The first-order valence-electron chi connectivity index (χ1n) is 8.18. The van der Waals surface area contributed by atoms with E-state index in [1.54, 1.807) is 15.6 Å². The fourth-order valence-electron chi connectivity index (χ4n) is 3.47. The highest BCUT2D eigenvalue weighted by atomic mass is 16.5. The van der Waals surface area contributed by atoms with Crippen LogP contribution in [0.15, 0.2) is 12.3 Å². The van der Waals surface area contributed by atoms with E-state index in [2.05, 4.69) is 12.0 Å². The van der Waals surface area contributed by atoms with E-state index >= 15 is 0 Å². The molecule has 1 spiro atoms. The number of carbonyl (C=O) groups is 1. The zero-order valence-electron chi connectivity index (χ0n) is 13.4. The van der Waals surface area contributed by atoms with Crippen LogP contribution >= 0.6 is 0 Å². The summed E-state index contributed by atoms with van der Waals surface area (Å²) in [6.45, 7) is 6.36. The Kier molecular flexibility index (Phi) is 3.99. The van der Waals surface area contributed by atoms with Gasteiger partial charge in [-0.15, -0.1) is 0 Å². The maximum Gasteiger partial charge on any atom is 0.274 e. The predicted molar refractivity (Wildman–Crippen MR) is 81.6 cm³/mol. The second-order valence-corrected chi connectivity index (χ2v) is 6.69. The number of rotatable bonds is 5. The van der Waals surface area contributed by atoms with Crippen LogP contribution in [0.25, 0.3) is 0 Å². The fraction of sp³-hybridized carbons (Fsp3) is 0.750. The zero-order valence-corrected chi connectivity index (χ0v) is 13.4. The summed E-state index contributed by atoms with van der Waals surface area (Å²) in [5, 5.41) is 14.8. The van der Waals surface area contributed by atoms with Gasteiger partial charge in [0.15, 0.2) is 0 Å². The van der Waals surface area contributed by atoms with Crippen LogP contribution in [0.4, 0.5) is 0 Å². The molecule has 3 rings (SSSR count). The molecule has 1 aromatic rings. The molecule has 0 radical (unpaired) electrons. The van der Waals surface area contributed by atoms with Crippen LogP contribution in [0.5, 0.6) is 0 Å². The number of amides is 1. The molecule has 2 aliphatic heterocycles. The minimum Gasteiger partial charge on any atom is -0.387 e. The highest BCUT2D eigenvalue weighted by Crippen LogP contribution is 2.42. The zero-order chi connectivity index (χ0) is 15.8. The molecule has 0 unspecified atom stereocenters. The number of carbonyl (C=O) groups excluding carboxylic acids is 1. The molecule has 22 heavy (non-hydrogen) atoms. The van der Waals surface area contributed by atoms with Crippen molar-refractivity contribution < 1.29 is 14.6 Å². The number of aliphatic hydroxyl groups is 1. The molecule has 1 N–H and O–H groups in total.